The van der Waals surface area contributed by atoms with Gasteiger partial charge >= 0.3 is 11.9 Å². The molecule has 1 aromatic carbocycles. The fraction of sp³-hybridized carbons (Fsp3) is 0.273. The van der Waals surface area contributed by atoms with E-state index in [1.54, 1.807) is 0 Å². The molecular formula is C11H8ClNO6. The highest BCUT2D eigenvalue weighted by atomic mass is 35.5. The van der Waals surface area contributed by atoms with Crippen LogP contribution in [0.5, 0.6) is 0 Å². The summed E-state index contributed by atoms with van der Waals surface area (Å²) in [5, 5.41) is 11.0. The molecule has 0 unspecified atom stereocenters. The number of nitrogens with zero attached hydrogens (tertiary/aromatic N) is 1. The van der Waals surface area contributed by atoms with E-state index in [9.17, 15) is 19.7 Å². The third-order valence-electron chi connectivity index (χ3n) is 2.51. The van der Waals surface area contributed by atoms with E-state index in [4.69, 9.17) is 16.3 Å². The molecule has 1 aliphatic heterocycles. The van der Waals surface area contributed by atoms with Gasteiger partial charge in [-0.25, -0.2) is 9.59 Å². The maximum absolute atomic E-state index is 11.8. The normalized spacial score (nSPS) is 17.9. The number of halogens is 1. The zero-order valence-corrected chi connectivity index (χ0v) is 10.3. The minimum absolute atomic E-state index is 0.159. The van der Waals surface area contributed by atoms with Crippen LogP contribution in [0.25, 0.3) is 0 Å². The molecule has 1 fully saturated rings. The summed E-state index contributed by atoms with van der Waals surface area (Å²) < 4.78 is 9.51. The molecule has 0 amide bonds. The molecule has 8 heteroatoms. The molecule has 100 valence electrons. The van der Waals surface area contributed by atoms with E-state index >= 15 is 0 Å². The third-order valence-corrected chi connectivity index (χ3v) is 2.75. The quantitative estimate of drug-likeness (QED) is 0.476. The van der Waals surface area contributed by atoms with E-state index in [-0.39, 0.29) is 23.6 Å². The van der Waals surface area contributed by atoms with Crippen molar-refractivity contribution < 1.29 is 24.0 Å². The summed E-state index contributed by atoms with van der Waals surface area (Å²) in [6, 6.07) is 3.52. The minimum atomic E-state index is -1.02. The number of carbonyl (C=O) groups excluding carboxylic acids is 2. The van der Waals surface area contributed by atoms with Crippen molar-refractivity contribution in [2.24, 2.45) is 0 Å². The SMILES string of the molecule is O=C(O[C@H]1CCOC1=O)c1cc(Cl)ccc1[N+](=O)[O-]. The van der Waals surface area contributed by atoms with E-state index in [0.717, 1.165) is 12.1 Å². The van der Waals surface area contributed by atoms with Gasteiger partial charge in [0.2, 0.25) is 6.10 Å². The predicted molar refractivity (Wildman–Crippen MR) is 62.9 cm³/mol. The minimum Gasteiger partial charge on any atom is -0.463 e. The lowest BCUT2D eigenvalue weighted by Crippen LogP contribution is -2.23. The van der Waals surface area contributed by atoms with Crippen molar-refractivity contribution in [3.63, 3.8) is 0 Å². The second kappa shape index (κ2) is 5.23. The number of nitro groups is 1. The number of ether oxygens (including phenoxy) is 2. The summed E-state index contributed by atoms with van der Waals surface area (Å²) in [5.74, 6) is -1.63. The zero-order valence-electron chi connectivity index (χ0n) is 9.50. The number of hydrogen-bond donors (Lipinski definition) is 0. The Kier molecular flexibility index (Phi) is 3.66. The van der Waals surface area contributed by atoms with Gasteiger partial charge in [-0.1, -0.05) is 11.6 Å². The standard InChI is InChI=1S/C11H8ClNO6/c12-6-1-2-8(13(16)17)7(5-6)10(14)19-9-3-4-18-11(9)15/h1-2,5,9H,3-4H2/t9-/m0/s1. The first-order valence-corrected chi connectivity index (χ1v) is 5.68. The van der Waals surface area contributed by atoms with Gasteiger partial charge in [-0.2, -0.15) is 0 Å². The molecule has 1 aromatic rings. The summed E-state index contributed by atoms with van der Waals surface area (Å²) in [7, 11) is 0. The number of rotatable bonds is 3. The lowest BCUT2D eigenvalue weighted by molar-refractivity contribution is -0.385. The molecule has 0 bridgehead atoms. The third kappa shape index (κ3) is 2.82. The Labute approximate surface area is 112 Å². The Balaban J connectivity index is 2.25. The number of hydrogen-bond acceptors (Lipinski definition) is 6. The zero-order chi connectivity index (χ0) is 14.0. The van der Waals surface area contributed by atoms with Gasteiger partial charge in [0.1, 0.15) is 5.56 Å². The van der Waals surface area contributed by atoms with E-state index in [1.165, 1.54) is 6.07 Å². The van der Waals surface area contributed by atoms with Crippen LogP contribution in [-0.2, 0) is 14.3 Å². The van der Waals surface area contributed by atoms with Crippen LogP contribution in [0.3, 0.4) is 0 Å². The summed E-state index contributed by atoms with van der Waals surface area (Å²) in [6.45, 7) is 0.161. The Morgan fingerprint density at radius 1 is 1.53 bits per heavy atom. The molecule has 1 saturated heterocycles. The van der Waals surface area contributed by atoms with Crippen molar-refractivity contribution in [3.8, 4) is 0 Å². The molecule has 0 spiro atoms. The Bertz CT molecular complexity index is 558. The molecule has 0 radical (unpaired) electrons. The predicted octanol–water partition coefficient (Wildman–Crippen LogP) is 1.72. The van der Waals surface area contributed by atoms with Crippen molar-refractivity contribution in [1.29, 1.82) is 0 Å². The highest BCUT2D eigenvalue weighted by Crippen LogP contribution is 2.24. The summed E-state index contributed by atoms with van der Waals surface area (Å²) >= 11 is 5.69. The molecule has 2 rings (SSSR count). The molecule has 1 atom stereocenters. The van der Waals surface area contributed by atoms with Gasteiger partial charge in [-0.3, -0.25) is 10.1 Å². The smallest absolute Gasteiger partial charge is 0.347 e. The maximum Gasteiger partial charge on any atom is 0.347 e. The number of cyclic esters (lactones) is 1. The highest BCUT2D eigenvalue weighted by molar-refractivity contribution is 6.31. The second-order valence-electron chi connectivity index (χ2n) is 3.77. The van der Waals surface area contributed by atoms with Crippen LogP contribution < -0.4 is 0 Å². The van der Waals surface area contributed by atoms with Gasteiger partial charge in [0.15, 0.2) is 0 Å². The Morgan fingerprint density at radius 3 is 2.84 bits per heavy atom. The first-order valence-electron chi connectivity index (χ1n) is 5.30. The molecule has 0 N–H and O–H groups in total. The van der Waals surface area contributed by atoms with Gasteiger partial charge in [-0.15, -0.1) is 0 Å². The first kappa shape index (κ1) is 13.3. The molecule has 0 saturated carbocycles. The van der Waals surface area contributed by atoms with Crippen LogP contribution in [0.15, 0.2) is 18.2 Å². The number of carbonyl (C=O) groups is 2. The van der Waals surface area contributed by atoms with Crippen LogP contribution >= 0.6 is 11.6 Å². The molecule has 0 aliphatic carbocycles. The van der Waals surface area contributed by atoms with Gasteiger partial charge in [0.25, 0.3) is 5.69 Å². The van der Waals surface area contributed by atoms with E-state index in [1.807, 2.05) is 0 Å². The van der Waals surface area contributed by atoms with Crippen LogP contribution in [0.1, 0.15) is 16.8 Å². The maximum atomic E-state index is 11.8. The molecule has 7 nitrogen and oxygen atoms in total. The van der Waals surface area contributed by atoms with E-state index < -0.39 is 28.7 Å². The van der Waals surface area contributed by atoms with E-state index in [0.29, 0.717) is 0 Å². The van der Waals surface area contributed by atoms with Crippen LogP contribution in [0.2, 0.25) is 5.02 Å². The van der Waals surface area contributed by atoms with E-state index in [2.05, 4.69) is 4.74 Å². The largest absolute Gasteiger partial charge is 0.463 e. The van der Waals surface area contributed by atoms with Crippen LogP contribution in [0.4, 0.5) is 5.69 Å². The fourth-order valence-electron chi connectivity index (χ4n) is 1.61. The average Bonchev–Trinajstić information content (AvgIpc) is 2.74. The first-order chi connectivity index (χ1) is 8.99. The van der Waals surface area contributed by atoms with Gasteiger partial charge in [-0.05, 0) is 12.1 Å². The highest BCUT2D eigenvalue weighted by Gasteiger charge is 2.32. The lowest BCUT2D eigenvalue weighted by atomic mass is 10.2. The summed E-state index contributed by atoms with van der Waals surface area (Å²) in [4.78, 5) is 33.1. The lowest BCUT2D eigenvalue weighted by Gasteiger charge is -2.08. The van der Waals surface area contributed by atoms with Gasteiger partial charge < -0.3 is 9.47 Å². The molecular weight excluding hydrogens is 278 g/mol. The van der Waals surface area contributed by atoms with Crippen molar-refractivity contribution >= 4 is 29.2 Å². The Hall–Kier alpha value is -2.15. The number of esters is 2. The summed E-state index contributed by atoms with van der Waals surface area (Å²) in [6.07, 6.45) is -0.787. The van der Waals surface area contributed by atoms with Crippen molar-refractivity contribution in [1.82, 2.24) is 0 Å². The van der Waals surface area contributed by atoms with Crippen LogP contribution in [-0.4, -0.2) is 29.6 Å². The summed E-state index contributed by atoms with van der Waals surface area (Å²) in [5.41, 5.74) is -0.724. The average molecular weight is 286 g/mol. The van der Waals surface area contributed by atoms with Gasteiger partial charge in [0, 0.05) is 17.5 Å². The molecule has 19 heavy (non-hydrogen) atoms. The van der Waals surface area contributed by atoms with Crippen molar-refractivity contribution in [3.05, 3.63) is 38.9 Å². The number of nitro benzene ring substituents is 1. The van der Waals surface area contributed by atoms with Crippen molar-refractivity contribution in [2.75, 3.05) is 6.61 Å². The monoisotopic (exact) mass is 285 g/mol. The molecule has 1 heterocycles. The number of benzene rings is 1. The second-order valence-corrected chi connectivity index (χ2v) is 4.21. The molecule has 1 aliphatic rings. The fourth-order valence-corrected chi connectivity index (χ4v) is 1.78. The molecule has 0 aromatic heterocycles. The van der Waals surface area contributed by atoms with Crippen LogP contribution in [0, 0.1) is 10.1 Å². The van der Waals surface area contributed by atoms with Crippen molar-refractivity contribution in [2.45, 2.75) is 12.5 Å². The topological polar surface area (TPSA) is 95.7 Å². The van der Waals surface area contributed by atoms with Gasteiger partial charge in [0.05, 0.1) is 11.5 Å². The Morgan fingerprint density at radius 2 is 2.26 bits per heavy atom.